The van der Waals surface area contributed by atoms with Crippen molar-refractivity contribution in [2.75, 3.05) is 6.54 Å². The molecule has 0 saturated heterocycles. The van der Waals surface area contributed by atoms with Gasteiger partial charge in [-0.3, -0.25) is 0 Å². The molecule has 1 rings (SSSR count). The molecule has 1 aromatic rings. The molecular weight excluding hydrogens is 317 g/mol. The first kappa shape index (κ1) is 17.2. The van der Waals surface area contributed by atoms with Crippen LogP contribution in [0.5, 0.6) is 0 Å². The molecule has 4 nitrogen and oxygen atoms in total. The van der Waals surface area contributed by atoms with E-state index >= 15 is 0 Å². The summed E-state index contributed by atoms with van der Waals surface area (Å²) in [5, 5.41) is -0.479. The van der Waals surface area contributed by atoms with Crippen LogP contribution >= 0.6 is 11.6 Å². The largest absolute Gasteiger partial charge is 0.416 e. The molecule has 3 N–H and O–H groups in total. The molecule has 0 heterocycles. The van der Waals surface area contributed by atoms with Crippen LogP contribution in [0.4, 0.5) is 13.2 Å². The molecule has 0 aromatic heterocycles. The van der Waals surface area contributed by atoms with Gasteiger partial charge in [0.2, 0.25) is 10.0 Å². The Hall–Kier alpha value is -0.830. The average Bonchev–Trinajstić information content (AvgIpc) is 2.26. The van der Waals surface area contributed by atoms with E-state index in [0.717, 1.165) is 6.07 Å². The Bertz CT molecular complexity index is 574. The minimum atomic E-state index is -4.58. The minimum absolute atomic E-state index is 0.0807. The average molecular weight is 331 g/mol. The van der Waals surface area contributed by atoms with E-state index in [4.69, 9.17) is 17.3 Å². The van der Waals surface area contributed by atoms with Gasteiger partial charge in [-0.05, 0) is 31.5 Å². The summed E-state index contributed by atoms with van der Waals surface area (Å²) in [6, 6.07) is 1.90. The third kappa shape index (κ3) is 4.62. The number of benzene rings is 1. The van der Waals surface area contributed by atoms with Gasteiger partial charge in [0, 0.05) is 12.6 Å². The van der Waals surface area contributed by atoms with E-state index in [0.29, 0.717) is 18.6 Å². The Morgan fingerprint density at radius 3 is 2.45 bits per heavy atom. The lowest BCUT2D eigenvalue weighted by molar-refractivity contribution is -0.137. The molecule has 0 bridgehead atoms. The van der Waals surface area contributed by atoms with Crippen LogP contribution in [0.15, 0.2) is 23.1 Å². The van der Waals surface area contributed by atoms with Gasteiger partial charge < -0.3 is 5.73 Å². The molecule has 0 amide bonds. The number of halogens is 4. The van der Waals surface area contributed by atoms with Crippen molar-refractivity contribution in [2.24, 2.45) is 5.73 Å². The van der Waals surface area contributed by atoms with Gasteiger partial charge >= 0.3 is 6.18 Å². The van der Waals surface area contributed by atoms with Gasteiger partial charge in [-0.1, -0.05) is 11.6 Å². The third-order valence-corrected chi connectivity index (χ3v) is 4.38. The van der Waals surface area contributed by atoms with E-state index in [1.165, 1.54) is 0 Å². The van der Waals surface area contributed by atoms with Crippen LogP contribution in [0.3, 0.4) is 0 Å². The monoisotopic (exact) mass is 330 g/mol. The minimum Gasteiger partial charge on any atom is -0.328 e. The highest BCUT2D eigenvalue weighted by molar-refractivity contribution is 7.89. The molecule has 0 aliphatic rings. The van der Waals surface area contributed by atoms with Crippen LogP contribution in [0, 0.1) is 0 Å². The molecule has 9 heteroatoms. The Morgan fingerprint density at radius 1 is 1.40 bits per heavy atom. The molecule has 1 atom stereocenters. The Labute approximate surface area is 120 Å². The van der Waals surface area contributed by atoms with Crippen molar-refractivity contribution in [1.82, 2.24) is 4.72 Å². The van der Waals surface area contributed by atoms with E-state index in [1.54, 1.807) is 6.92 Å². The molecule has 0 aliphatic carbocycles. The highest BCUT2D eigenvalue weighted by Crippen LogP contribution is 2.33. The second-order valence-electron chi connectivity index (χ2n) is 4.31. The van der Waals surface area contributed by atoms with Gasteiger partial charge in [0.05, 0.1) is 10.6 Å². The second kappa shape index (κ2) is 6.30. The summed E-state index contributed by atoms with van der Waals surface area (Å²) in [6.45, 7) is 1.79. The SMILES string of the molecule is CC(N)CCNS(=O)(=O)c1ccc(C(F)(F)F)cc1Cl. The first-order chi connectivity index (χ1) is 9.04. The maximum absolute atomic E-state index is 12.5. The molecule has 20 heavy (non-hydrogen) atoms. The topological polar surface area (TPSA) is 72.2 Å². The van der Waals surface area contributed by atoms with Gasteiger partial charge in [-0.15, -0.1) is 0 Å². The zero-order valence-corrected chi connectivity index (χ0v) is 12.1. The van der Waals surface area contributed by atoms with E-state index in [9.17, 15) is 21.6 Å². The summed E-state index contributed by atoms with van der Waals surface area (Å²) in [7, 11) is -3.95. The number of hydrogen-bond donors (Lipinski definition) is 2. The lowest BCUT2D eigenvalue weighted by atomic mass is 10.2. The molecule has 0 saturated carbocycles. The number of hydrogen-bond acceptors (Lipinski definition) is 3. The highest BCUT2D eigenvalue weighted by atomic mass is 35.5. The van der Waals surface area contributed by atoms with Gasteiger partial charge in [-0.2, -0.15) is 13.2 Å². The standard InChI is InChI=1S/C11H14ClF3N2O2S/c1-7(16)4-5-17-20(18,19)10-3-2-8(6-9(10)12)11(13,14)15/h2-3,6-7,17H,4-5,16H2,1H3. The summed E-state index contributed by atoms with van der Waals surface area (Å²) >= 11 is 5.62. The van der Waals surface area contributed by atoms with Crippen molar-refractivity contribution in [3.63, 3.8) is 0 Å². The number of rotatable bonds is 5. The summed E-state index contributed by atoms with van der Waals surface area (Å²) < 4.78 is 63.3. The van der Waals surface area contributed by atoms with Crippen molar-refractivity contribution in [3.8, 4) is 0 Å². The molecule has 0 aliphatic heterocycles. The van der Waals surface area contributed by atoms with E-state index < -0.39 is 31.7 Å². The Balaban J connectivity index is 2.97. The lowest BCUT2D eigenvalue weighted by Crippen LogP contribution is -2.29. The maximum atomic E-state index is 12.5. The second-order valence-corrected chi connectivity index (χ2v) is 6.45. The van der Waals surface area contributed by atoms with E-state index in [2.05, 4.69) is 4.72 Å². The van der Waals surface area contributed by atoms with E-state index in [-0.39, 0.29) is 12.6 Å². The Kier molecular flexibility index (Phi) is 5.42. The molecule has 1 unspecified atom stereocenters. The van der Waals surface area contributed by atoms with Crippen LogP contribution in [0.1, 0.15) is 18.9 Å². The zero-order valence-electron chi connectivity index (χ0n) is 10.5. The van der Waals surface area contributed by atoms with Gasteiger partial charge in [0.25, 0.3) is 0 Å². The fourth-order valence-corrected chi connectivity index (χ4v) is 2.98. The van der Waals surface area contributed by atoms with Crippen molar-refractivity contribution in [3.05, 3.63) is 28.8 Å². The van der Waals surface area contributed by atoms with Gasteiger partial charge in [-0.25, -0.2) is 13.1 Å². The number of alkyl halides is 3. The molecule has 0 fully saturated rings. The van der Waals surface area contributed by atoms with Crippen LogP contribution in [0.2, 0.25) is 5.02 Å². The molecule has 0 radical (unpaired) electrons. The van der Waals surface area contributed by atoms with Crippen molar-refractivity contribution in [2.45, 2.75) is 30.5 Å². The Morgan fingerprint density at radius 2 is 2.00 bits per heavy atom. The smallest absolute Gasteiger partial charge is 0.328 e. The van der Waals surface area contributed by atoms with Gasteiger partial charge in [0.1, 0.15) is 4.90 Å². The first-order valence-corrected chi connectivity index (χ1v) is 7.52. The zero-order chi connectivity index (χ0) is 15.6. The first-order valence-electron chi connectivity index (χ1n) is 5.66. The molecule has 114 valence electrons. The van der Waals surface area contributed by atoms with Crippen LogP contribution in [0.25, 0.3) is 0 Å². The molecule has 0 spiro atoms. The number of nitrogens with one attached hydrogen (secondary N) is 1. The van der Waals surface area contributed by atoms with Gasteiger partial charge in [0.15, 0.2) is 0 Å². The van der Waals surface area contributed by atoms with Crippen LogP contribution < -0.4 is 10.5 Å². The third-order valence-electron chi connectivity index (χ3n) is 2.44. The predicted octanol–water partition coefficient (Wildman–Crippen LogP) is 2.37. The maximum Gasteiger partial charge on any atom is 0.416 e. The summed E-state index contributed by atoms with van der Waals surface area (Å²) in [4.78, 5) is -0.392. The quantitative estimate of drug-likeness (QED) is 0.870. The van der Waals surface area contributed by atoms with Crippen LogP contribution in [-0.4, -0.2) is 21.0 Å². The normalized spacial score (nSPS) is 14.3. The number of nitrogens with two attached hydrogens (primary N) is 1. The van der Waals surface area contributed by atoms with Crippen LogP contribution in [-0.2, 0) is 16.2 Å². The summed E-state index contributed by atoms with van der Waals surface area (Å²) in [6.07, 6.45) is -4.17. The summed E-state index contributed by atoms with van der Waals surface area (Å²) in [5.41, 5.74) is 4.47. The fraction of sp³-hybridized carbons (Fsp3) is 0.455. The van der Waals surface area contributed by atoms with Crippen molar-refractivity contribution < 1.29 is 21.6 Å². The predicted molar refractivity (Wildman–Crippen MR) is 69.9 cm³/mol. The molecular formula is C11H14ClF3N2O2S. The van der Waals surface area contributed by atoms with E-state index in [1.807, 2.05) is 0 Å². The van der Waals surface area contributed by atoms with Crippen molar-refractivity contribution in [1.29, 1.82) is 0 Å². The highest BCUT2D eigenvalue weighted by Gasteiger charge is 2.32. The summed E-state index contributed by atoms with van der Waals surface area (Å²) in [5.74, 6) is 0. The van der Waals surface area contributed by atoms with Crippen molar-refractivity contribution >= 4 is 21.6 Å². The number of sulfonamides is 1. The fourth-order valence-electron chi connectivity index (χ4n) is 1.39. The molecule has 1 aromatic carbocycles. The lowest BCUT2D eigenvalue weighted by Gasteiger charge is -2.12.